The van der Waals surface area contributed by atoms with E-state index in [0.717, 1.165) is 37.4 Å². The Morgan fingerprint density at radius 2 is 2.17 bits per heavy atom. The highest BCUT2D eigenvalue weighted by Crippen LogP contribution is 2.35. The second kappa shape index (κ2) is 9.73. The summed E-state index contributed by atoms with van der Waals surface area (Å²) < 4.78 is 0. The smallest absolute Gasteiger partial charge is 0.254 e. The van der Waals surface area contributed by atoms with E-state index in [2.05, 4.69) is 37.4 Å². The third-order valence-electron chi connectivity index (χ3n) is 5.10. The van der Waals surface area contributed by atoms with Crippen LogP contribution in [-0.4, -0.2) is 56.8 Å². The zero-order chi connectivity index (χ0) is 21.9. The lowest BCUT2D eigenvalue weighted by molar-refractivity contribution is 0.230. The van der Waals surface area contributed by atoms with Gasteiger partial charge in [-0.15, -0.1) is 23.2 Å². The van der Waals surface area contributed by atoms with E-state index < -0.39 is 4.87 Å². The molecular weight excluding hydrogens is 445 g/mol. The van der Waals surface area contributed by atoms with Gasteiger partial charge < -0.3 is 21.3 Å². The van der Waals surface area contributed by atoms with E-state index in [1.54, 1.807) is 6.08 Å². The largest absolute Gasteiger partial charge is 0.369 e. The Hall–Kier alpha value is -1.54. The van der Waals surface area contributed by atoms with Gasteiger partial charge in [0, 0.05) is 47.0 Å². The summed E-state index contributed by atoms with van der Waals surface area (Å²) in [6, 6.07) is 2.11. The fourth-order valence-electron chi connectivity index (χ4n) is 3.49. The topological polar surface area (TPSA) is 91.5 Å². The van der Waals surface area contributed by atoms with Crippen molar-refractivity contribution in [1.82, 2.24) is 20.2 Å². The standard InChI is InChI=1S/C20H28Cl3N7/c1-4-30-10-13(21)8-15(11-30)26-17-7-12(2)25-19(28-17)29-18(24)27-14-5-6-20(3,23)16(22)9-14/h5,7,9,13,15H,4,6,8,10-11H2,1-3H3,(H4,24,25,26,27,28,29). The SMILES string of the molecule is CCN1CC(Cl)CC(Nc2cc(C)nc(/N=C(\N)NC3=CCC(C)(Cl)C(Cl)=C3)n2)C1. The van der Waals surface area contributed by atoms with Crippen LogP contribution in [0.15, 0.2) is 33.9 Å². The Labute approximate surface area is 192 Å². The van der Waals surface area contributed by atoms with Crippen LogP contribution in [0.1, 0.15) is 32.4 Å². The number of piperidine rings is 1. The molecule has 0 bridgehead atoms. The lowest BCUT2D eigenvalue weighted by Crippen LogP contribution is -2.46. The van der Waals surface area contributed by atoms with Crippen molar-refractivity contribution in [1.29, 1.82) is 0 Å². The van der Waals surface area contributed by atoms with E-state index in [-0.39, 0.29) is 23.3 Å². The van der Waals surface area contributed by atoms with Crippen molar-refractivity contribution in [3.8, 4) is 0 Å². The number of aromatic nitrogens is 2. The highest BCUT2D eigenvalue weighted by molar-refractivity contribution is 6.39. The normalized spacial score (nSPS) is 28.0. The van der Waals surface area contributed by atoms with Crippen LogP contribution in [0, 0.1) is 6.92 Å². The number of hydrogen-bond donors (Lipinski definition) is 3. The average Bonchev–Trinajstić information content (AvgIpc) is 2.64. The molecule has 1 saturated heterocycles. The molecule has 10 heteroatoms. The van der Waals surface area contributed by atoms with Gasteiger partial charge in [-0.2, -0.15) is 9.98 Å². The molecule has 164 valence electrons. The molecule has 3 rings (SSSR count). The Bertz CT molecular complexity index is 866. The lowest BCUT2D eigenvalue weighted by Gasteiger charge is -2.35. The second-order valence-corrected chi connectivity index (χ2v) is 9.75. The highest BCUT2D eigenvalue weighted by atomic mass is 35.5. The number of likely N-dealkylation sites (N-methyl/N-ethyl adjacent to an activating group) is 1. The second-order valence-electron chi connectivity index (χ2n) is 7.90. The van der Waals surface area contributed by atoms with E-state index in [1.807, 2.05) is 26.0 Å². The van der Waals surface area contributed by atoms with Gasteiger partial charge in [0.05, 0.1) is 4.87 Å². The van der Waals surface area contributed by atoms with Crippen molar-refractivity contribution in [3.05, 3.63) is 34.6 Å². The number of anilines is 1. The van der Waals surface area contributed by atoms with Crippen LogP contribution in [-0.2, 0) is 0 Å². The Morgan fingerprint density at radius 1 is 1.40 bits per heavy atom. The Morgan fingerprint density at radius 3 is 2.87 bits per heavy atom. The van der Waals surface area contributed by atoms with Crippen LogP contribution in [0.3, 0.4) is 0 Å². The van der Waals surface area contributed by atoms with Gasteiger partial charge in [-0.1, -0.05) is 24.6 Å². The number of aryl methyl sites for hydroxylation is 1. The van der Waals surface area contributed by atoms with Gasteiger partial charge in [0.1, 0.15) is 5.82 Å². The lowest BCUT2D eigenvalue weighted by atomic mass is 10.0. The van der Waals surface area contributed by atoms with Gasteiger partial charge in [0.25, 0.3) is 5.95 Å². The fraction of sp³-hybridized carbons (Fsp3) is 0.550. The summed E-state index contributed by atoms with van der Waals surface area (Å²) in [6.45, 7) is 8.71. The molecule has 0 saturated carbocycles. The summed E-state index contributed by atoms with van der Waals surface area (Å²) in [5, 5.41) is 7.15. The molecule has 0 spiro atoms. The van der Waals surface area contributed by atoms with Crippen molar-refractivity contribution < 1.29 is 0 Å². The van der Waals surface area contributed by atoms with Crippen molar-refractivity contribution in [2.45, 2.75) is 49.9 Å². The van der Waals surface area contributed by atoms with Gasteiger partial charge >= 0.3 is 0 Å². The van der Waals surface area contributed by atoms with Crippen LogP contribution < -0.4 is 16.4 Å². The first kappa shape index (κ1) is 23.1. The third-order valence-corrected chi connectivity index (χ3v) is 6.39. The summed E-state index contributed by atoms with van der Waals surface area (Å²) in [5.74, 6) is 1.16. The molecule has 1 aliphatic carbocycles. The first-order valence-electron chi connectivity index (χ1n) is 10.0. The fourth-order valence-corrected chi connectivity index (χ4v) is 4.23. The predicted octanol–water partition coefficient (Wildman–Crippen LogP) is 3.84. The molecule has 1 aromatic heterocycles. The molecule has 2 heterocycles. The maximum atomic E-state index is 6.41. The van der Waals surface area contributed by atoms with Gasteiger partial charge in [-0.05, 0) is 39.3 Å². The van der Waals surface area contributed by atoms with E-state index >= 15 is 0 Å². The van der Waals surface area contributed by atoms with E-state index in [0.29, 0.717) is 17.3 Å². The number of alkyl halides is 2. The first-order chi connectivity index (χ1) is 14.1. The molecule has 1 aromatic rings. The predicted molar refractivity (Wildman–Crippen MR) is 126 cm³/mol. The minimum atomic E-state index is -0.590. The molecule has 1 fully saturated rings. The number of nitrogens with two attached hydrogens (primary N) is 1. The molecular formula is C20H28Cl3N7. The number of rotatable bonds is 5. The maximum absolute atomic E-state index is 6.41. The van der Waals surface area contributed by atoms with Gasteiger partial charge in [0.2, 0.25) is 5.96 Å². The quantitative estimate of drug-likeness (QED) is 0.343. The monoisotopic (exact) mass is 471 g/mol. The summed E-state index contributed by atoms with van der Waals surface area (Å²) in [7, 11) is 0. The number of aliphatic imine (C=N–C) groups is 1. The Balaban J connectivity index is 1.69. The molecule has 3 unspecified atom stereocenters. The summed E-state index contributed by atoms with van der Waals surface area (Å²) in [5.41, 5.74) is 7.59. The van der Waals surface area contributed by atoms with Crippen molar-refractivity contribution in [2.24, 2.45) is 10.7 Å². The summed E-state index contributed by atoms with van der Waals surface area (Å²) >= 11 is 19.0. The number of likely N-dealkylation sites (tertiary alicyclic amines) is 1. The molecule has 4 N–H and O–H groups in total. The van der Waals surface area contributed by atoms with Gasteiger partial charge in [-0.3, -0.25) is 0 Å². The number of nitrogens with one attached hydrogen (secondary N) is 2. The molecule has 2 aliphatic rings. The third kappa shape index (κ3) is 6.23. The van der Waals surface area contributed by atoms with Crippen LogP contribution in [0.5, 0.6) is 0 Å². The molecule has 1 aliphatic heterocycles. The van der Waals surface area contributed by atoms with Crippen molar-refractivity contribution in [3.63, 3.8) is 0 Å². The molecule has 30 heavy (non-hydrogen) atoms. The van der Waals surface area contributed by atoms with Gasteiger partial charge in [-0.25, -0.2) is 4.98 Å². The van der Waals surface area contributed by atoms with Crippen molar-refractivity contribution >= 4 is 52.5 Å². The van der Waals surface area contributed by atoms with Crippen LogP contribution in [0.4, 0.5) is 11.8 Å². The van der Waals surface area contributed by atoms with Crippen molar-refractivity contribution in [2.75, 3.05) is 25.0 Å². The van der Waals surface area contributed by atoms with E-state index in [4.69, 9.17) is 40.5 Å². The van der Waals surface area contributed by atoms with E-state index in [1.165, 1.54) is 0 Å². The maximum Gasteiger partial charge on any atom is 0.254 e. The van der Waals surface area contributed by atoms with Crippen LogP contribution in [0.25, 0.3) is 0 Å². The number of allylic oxidation sites excluding steroid dienone is 3. The average molecular weight is 473 g/mol. The number of hydrogen-bond acceptors (Lipinski definition) is 5. The van der Waals surface area contributed by atoms with Crippen LogP contribution >= 0.6 is 34.8 Å². The summed E-state index contributed by atoms with van der Waals surface area (Å²) in [6.07, 6.45) is 5.14. The molecule has 0 amide bonds. The van der Waals surface area contributed by atoms with Crippen LogP contribution in [0.2, 0.25) is 0 Å². The van der Waals surface area contributed by atoms with E-state index in [9.17, 15) is 0 Å². The number of nitrogens with zero attached hydrogens (tertiary/aromatic N) is 4. The zero-order valence-electron chi connectivity index (χ0n) is 17.4. The molecule has 3 atom stereocenters. The number of halogens is 3. The number of guanidine groups is 1. The minimum absolute atomic E-state index is 0.120. The van der Waals surface area contributed by atoms with Gasteiger partial charge in [0.15, 0.2) is 0 Å². The highest BCUT2D eigenvalue weighted by Gasteiger charge is 2.27. The Kier molecular flexibility index (Phi) is 7.50. The molecule has 7 nitrogen and oxygen atoms in total. The summed E-state index contributed by atoms with van der Waals surface area (Å²) in [4.78, 5) is 14.9. The molecule has 0 aromatic carbocycles. The first-order valence-corrected chi connectivity index (χ1v) is 11.2. The molecule has 0 radical (unpaired) electrons. The minimum Gasteiger partial charge on any atom is -0.369 e. The zero-order valence-corrected chi connectivity index (χ0v) is 19.7.